The Balaban J connectivity index is 1.65. The molecule has 0 spiro atoms. The number of fused-ring (bicyclic) bond motifs is 4. The maximum atomic E-state index is 13.9. The maximum absolute atomic E-state index is 13.9. The van der Waals surface area contributed by atoms with Gasteiger partial charge in [0.2, 0.25) is 5.91 Å². The number of benzene rings is 3. The third kappa shape index (κ3) is 3.98. The molecule has 0 aromatic heterocycles. The van der Waals surface area contributed by atoms with Crippen LogP contribution in [-0.2, 0) is 4.79 Å². The molecular weight excluding hydrogens is 482 g/mol. The number of hydrogen-bond acceptors (Lipinski definition) is 4. The van der Waals surface area contributed by atoms with Crippen molar-refractivity contribution in [2.75, 3.05) is 16.8 Å². The SMILES string of the molecule is CCOc1cccc2c1O[C@@]1(C)[C@@H](C(=O)Nc3ccc(Cl)cc3)[C@H]2NC(=S)N1c1ccccc1C. The Hall–Kier alpha value is -3.29. The number of carbonyl (C=O) groups is 1. The van der Waals surface area contributed by atoms with Gasteiger partial charge in [0.1, 0.15) is 5.92 Å². The van der Waals surface area contributed by atoms with Gasteiger partial charge in [-0.05, 0) is 75.0 Å². The van der Waals surface area contributed by atoms with Crippen molar-refractivity contribution in [2.24, 2.45) is 5.92 Å². The number of amides is 1. The molecule has 3 aromatic rings. The Morgan fingerprint density at radius 2 is 1.91 bits per heavy atom. The average Bonchev–Trinajstić information content (AvgIpc) is 2.82. The Bertz CT molecular complexity index is 1300. The Kier molecular flexibility index (Phi) is 6.07. The molecule has 180 valence electrons. The topological polar surface area (TPSA) is 62.8 Å². The highest BCUT2D eigenvalue weighted by Gasteiger charge is 2.59. The van der Waals surface area contributed by atoms with Crippen molar-refractivity contribution in [1.82, 2.24) is 5.32 Å². The van der Waals surface area contributed by atoms with E-state index >= 15 is 0 Å². The molecule has 1 fully saturated rings. The quantitative estimate of drug-likeness (QED) is 0.423. The van der Waals surface area contributed by atoms with Crippen LogP contribution in [0.2, 0.25) is 5.02 Å². The van der Waals surface area contributed by atoms with E-state index in [0.29, 0.717) is 33.9 Å². The number of aryl methyl sites for hydroxylation is 1. The number of thiocarbonyl (C=S) groups is 1. The average molecular weight is 508 g/mol. The summed E-state index contributed by atoms with van der Waals surface area (Å²) in [7, 11) is 0. The van der Waals surface area contributed by atoms with Gasteiger partial charge in [0.25, 0.3) is 0 Å². The molecule has 35 heavy (non-hydrogen) atoms. The van der Waals surface area contributed by atoms with E-state index < -0.39 is 17.7 Å². The van der Waals surface area contributed by atoms with Crippen molar-refractivity contribution >= 4 is 46.2 Å². The molecule has 0 saturated carbocycles. The van der Waals surface area contributed by atoms with Gasteiger partial charge in [-0.3, -0.25) is 9.69 Å². The molecule has 2 aliphatic rings. The minimum atomic E-state index is -1.13. The van der Waals surface area contributed by atoms with E-state index in [1.807, 2.05) is 68.1 Å². The molecule has 2 N–H and O–H groups in total. The van der Waals surface area contributed by atoms with Crippen molar-refractivity contribution in [2.45, 2.75) is 32.5 Å². The summed E-state index contributed by atoms with van der Waals surface area (Å²) < 4.78 is 12.6. The maximum Gasteiger partial charge on any atom is 0.236 e. The summed E-state index contributed by atoms with van der Waals surface area (Å²) in [5, 5.41) is 7.58. The smallest absolute Gasteiger partial charge is 0.236 e. The first kappa shape index (κ1) is 23.5. The van der Waals surface area contributed by atoms with Crippen LogP contribution >= 0.6 is 23.8 Å². The number of nitrogens with one attached hydrogen (secondary N) is 2. The monoisotopic (exact) mass is 507 g/mol. The number of nitrogens with zero attached hydrogens (tertiary/aromatic N) is 1. The fraction of sp³-hybridized carbons (Fsp3) is 0.259. The molecule has 1 amide bonds. The molecular formula is C27H26ClN3O3S. The van der Waals surface area contributed by atoms with Crippen molar-refractivity contribution < 1.29 is 14.3 Å². The summed E-state index contributed by atoms with van der Waals surface area (Å²) in [4.78, 5) is 15.8. The standard InChI is InChI=1S/C27H26ClN3O3S/c1-4-33-21-11-7-9-19-23-22(25(32)29-18-14-12-17(28)13-15-18)27(3,34-24(19)21)31(26(35)30-23)20-10-6-5-8-16(20)2/h5-15,22-23H,4H2,1-3H3,(H,29,32)(H,30,35)/t22-,23+,27+/m1/s1. The predicted molar refractivity (Wildman–Crippen MR) is 142 cm³/mol. The van der Waals surface area contributed by atoms with Crippen LogP contribution < -0.4 is 25.0 Å². The number of halogens is 1. The lowest BCUT2D eigenvalue weighted by molar-refractivity contribution is -0.130. The highest BCUT2D eigenvalue weighted by Crippen LogP contribution is 2.52. The van der Waals surface area contributed by atoms with Gasteiger partial charge in [0, 0.05) is 22.0 Å². The van der Waals surface area contributed by atoms with Crippen molar-refractivity contribution in [3.63, 3.8) is 0 Å². The van der Waals surface area contributed by atoms with E-state index in [9.17, 15) is 4.79 Å². The van der Waals surface area contributed by atoms with Crippen LogP contribution in [0, 0.1) is 12.8 Å². The molecule has 2 heterocycles. The number of carbonyl (C=O) groups excluding carboxylic acids is 1. The number of ether oxygens (including phenoxy) is 2. The summed E-state index contributed by atoms with van der Waals surface area (Å²) >= 11 is 11.9. The fourth-order valence-corrected chi connectivity index (χ4v) is 5.50. The largest absolute Gasteiger partial charge is 0.490 e. The van der Waals surface area contributed by atoms with E-state index in [4.69, 9.17) is 33.3 Å². The molecule has 3 atom stereocenters. The van der Waals surface area contributed by atoms with Crippen molar-refractivity contribution in [3.05, 3.63) is 82.9 Å². The molecule has 8 heteroatoms. The van der Waals surface area contributed by atoms with Crippen LogP contribution in [-0.4, -0.2) is 23.4 Å². The number of para-hydroxylation sites is 2. The van der Waals surface area contributed by atoms with Crippen LogP contribution in [0.3, 0.4) is 0 Å². The van der Waals surface area contributed by atoms with Gasteiger partial charge in [0.15, 0.2) is 22.3 Å². The Labute approximate surface area is 215 Å². The second-order valence-electron chi connectivity index (χ2n) is 8.79. The molecule has 3 aromatic carbocycles. The van der Waals surface area contributed by atoms with Gasteiger partial charge < -0.3 is 20.1 Å². The summed E-state index contributed by atoms with van der Waals surface area (Å²) in [6.45, 7) is 6.35. The van der Waals surface area contributed by atoms with Crippen molar-refractivity contribution in [3.8, 4) is 11.5 Å². The first-order valence-electron chi connectivity index (χ1n) is 11.5. The zero-order valence-corrected chi connectivity index (χ0v) is 21.2. The molecule has 0 radical (unpaired) electrons. The van der Waals surface area contributed by atoms with E-state index in [2.05, 4.69) is 10.6 Å². The first-order chi connectivity index (χ1) is 16.8. The van der Waals surface area contributed by atoms with Crippen LogP contribution in [0.1, 0.15) is 31.0 Å². The first-order valence-corrected chi connectivity index (χ1v) is 12.3. The second kappa shape index (κ2) is 9.06. The van der Waals surface area contributed by atoms with Gasteiger partial charge in [-0.15, -0.1) is 0 Å². The third-order valence-electron chi connectivity index (χ3n) is 6.54. The molecule has 0 aliphatic carbocycles. The van der Waals surface area contributed by atoms with Gasteiger partial charge >= 0.3 is 0 Å². The Morgan fingerprint density at radius 3 is 2.63 bits per heavy atom. The minimum absolute atomic E-state index is 0.194. The lowest BCUT2D eigenvalue weighted by Gasteiger charge is -2.56. The third-order valence-corrected chi connectivity index (χ3v) is 7.09. The zero-order valence-electron chi connectivity index (χ0n) is 19.7. The van der Waals surface area contributed by atoms with E-state index in [-0.39, 0.29) is 5.91 Å². The molecule has 5 rings (SSSR count). The highest BCUT2D eigenvalue weighted by molar-refractivity contribution is 7.80. The van der Waals surface area contributed by atoms with Crippen LogP contribution in [0.25, 0.3) is 0 Å². The number of hydrogen-bond donors (Lipinski definition) is 2. The van der Waals surface area contributed by atoms with Crippen molar-refractivity contribution in [1.29, 1.82) is 0 Å². The summed E-state index contributed by atoms with van der Waals surface area (Å²) in [5.74, 6) is 0.415. The second-order valence-corrected chi connectivity index (χ2v) is 9.61. The highest BCUT2D eigenvalue weighted by atomic mass is 35.5. The lowest BCUT2D eigenvalue weighted by Crippen LogP contribution is -2.72. The molecule has 1 saturated heterocycles. The van der Waals surface area contributed by atoms with Gasteiger partial charge in [-0.1, -0.05) is 41.9 Å². The fourth-order valence-electron chi connectivity index (χ4n) is 4.97. The molecule has 2 aliphatic heterocycles. The van der Waals surface area contributed by atoms with Crippen LogP contribution in [0.4, 0.5) is 11.4 Å². The van der Waals surface area contributed by atoms with Gasteiger partial charge in [-0.25, -0.2) is 0 Å². The molecule has 0 unspecified atom stereocenters. The lowest BCUT2D eigenvalue weighted by atomic mass is 9.78. The van der Waals surface area contributed by atoms with Gasteiger partial charge in [0.05, 0.1) is 12.6 Å². The summed E-state index contributed by atoms with van der Waals surface area (Å²) in [5.41, 5.74) is 2.24. The molecule has 2 bridgehead atoms. The summed E-state index contributed by atoms with van der Waals surface area (Å²) in [6.07, 6.45) is 0. The number of rotatable bonds is 5. The predicted octanol–water partition coefficient (Wildman–Crippen LogP) is 5.85. The summed E-state index contributed by atoms with van der Waals surface area (Å²) in [6, 6.07) is 20.3. The minimum Gasteiger partial charge on any atom is -0.490 e. The van der Waals surface area contributed by atoms with E-state index in [1.54, 1.807) is 24.3 Å². The van der Waals surface area contributed by atoms with E-state index in [1.165, 1.54) is 0 Å². The van der Waals surface area contributed by atoms with Crippen LogP contribution in [0.5, 0.6) is 11.5 Å². The molecule has 6 nitrogen and oxygen atoms in total. The zero-order chi connectivity index (χ0) is 24.7. The normalized spacial score (nSPS) is 22.5. The Morgan fingerprint density at radius 1 is 1.17 bits per heavy atom. The van der Waals surface area contributed by atoms with E-state index in [0.717, 1.165) is 16.8 Å². The van der Waals surface area contributed by atoms with Gasteiger partial charge in [-0.2, -0.15) is 0 Å². The number of anilines is 2. The van der Waals surface area contributed by atoms with Crippen LogP contribution in [0.15, 0.2) is 66.7 Å².